The van der Waals surface area contributed by atoms with Gasteiger partial charge in [-0.1, -0.05) is 49.4 Å². The van der Waals surface area contributed by atoms with Crippen molar-refractivity contribution in [3.8, 4) is 11.5 Å². The molecule has 6 nitrogen and oxygen atoms in total. The number of hydrogen-bond donors (Lipinski definition) is 1. The molecule has 1 fully saturated rings. The number of aliphatic hydroxyl groups is 1. The summed E-state index contributed by atoms with van der Waals surface area (Å²) in [7, 11) is 1.51. The number of aryl methyl sites for hydroxylation is 1. The SMILES string of the molecule is CCCOc1ccc(/C(O)=C2/C(=O)C(=O)N(c3ccccc3OC)C2c2ccccc2)cc1C. The summed E-state index contributed by atoms with van der Waals surface area (Å²) in [5.74, 6) is -0.526. The normalized spacial score (nSPS) is 17.1. The molecule has 1 unspecified atom stereocenters. The number of rotatable bonds is 7. The van der Waals surface area contributed by atoms with Gasteiger partial charge in [-0.3, -0.25) is 14.5 Å². The average molecular weight is 458 g/mol. The molecule has 0 bridgehead atoms. The molecule has 1 saturated heterocycles. The largest absolute Gasteiger partial charge is 0.507 e. The number of amides is 1. The molecule has 4 rings (SSSR count). The lowest BCUT2D eigenvalue weighted by atomic mass is 9.94. The van der Waals surface area contributed by atoms with Crippen LogP contribution in [0, 0.1) is 6.92 Å². The summed E-state index contributed by atoms with van der Waals surface area (Å²) in [5, 5.41) is 11.3. The molecule has 6 heteroatoms. The fourth-order valence-corrected chi connectivity index (χ4v) is 4.19. The van der Waals surface area contributed by atoms with Crippen LogP contribution < -0.4 is 14.4 Å². The molecule has 34 heavy (non-hydrogen) atoms. The lowest BCUT2D eigenvalue weighted by Crippen LogP contribution is -2.29. The Morgan fingerprint density at radius 1 is 0.971 bits per heavy atom. The van der Waals surface area contributed by atoms with Gasteiger partial charge in [-0.15, -0.1) is 0 Å². The van der Waals surface area contributed by atoms with Crippen LogP contribution in [0.5, 0.6) is 11.5 Å². The lowest BCUT2D eigenvalue weighted by molar-refractivity contribution is -0.132. The Bertz CT molecular complexity index is 1250. The molecule has 0 aliphatic carbocycles. The first-order valence-electron chi connectivity index (χ1n) is 11.2. The number of Topliss-reactive ketones (excluding diaryl/α,β-unsaturated/α-hetero) is 1. The monoisotopic (exact) mass is 457 g/mol. The molecule has 0 saturated carbocycles. The van der Waals surface area contributed by atoms with E-state index in [1.54, 1.807) is 42.5 Å². The van der Waals surface area contributed by atoms with E-state index >= 15 is 0 Å². The molecule has 0 spiro atoms. The van der Waals surface area contributed by atoms with Gasteiger partial charge in [-0.2, -0.15) is 0 Å². The molecule has 1 atom stereocenters. The van der Waals surface area contributed by atoms with Crippen LogP contribution in [0.25, 0.3) is 5.76 Å². The van der Waals surface area contributed by atoms with Gasteiger partial charge >= 0.3 is 0 Å². The predicted molar refractivity (Wildman–Crippen MR) is 131 cm³/mol. The van der Waals surface area contributed by atoms with Gasteiger partial charge < -0.3 is 14.6 Å². The summed E-state index contributed by atoms with van der Waals surface area (Å²) >= 11 is 0. The van der Waals surface area contributed by atoms with Gasteiger partial charge in [0.1, 0.15) is 17.3 Å². The van der Waals surface area contributed by atoms with E-state index in [0.29, 0.717) is 34.9 Å². The number of carbonyl (C=O) groups is 2. The van der Waals surface area contributed by atoms with E-state index < -0.39 is 17.7 Å². The number of aliphatic hydroxyl groups excluding tert-OH is 1. The van der Waals surface area contributed by atoms with E-state index in [1.807, 2.05) is 44.2 Å². The summed E-state index contributed by atoms with van der Waals surface area (Å²) in [6.45, 7) is 4.49. The van der Waals surface area contributed by atoms with Crippen molar-refractivity contribution in [1.82, 2.24) is 0 Å². The highest BCUT2D eigenvalue weighted by Gasteiger charge is 2.47. The molecule has 1 N–H and O–H groups in total. The Kier molecular flexibility index (Phi) is 6.68. The highest BCUT2D eigenvalue weighted by Crippen LogP contribution is 2.45. The van der Waals surface area contributed by atoms with Crippen LogP contribution in [-0.2, 0) is 9.59 Å². The van der Waals surface area contributed by atoms with E-state index in [0.717, 1.165) is 12.0 Å². The number of ketones is 1. The molecule has 0 radical (unpaired) electrons. The van der Waals surface area contributed by atoms with Gasteiger partial charge in [0.2, 0.25) is 0 Å². The fourth-order valence-electron chi connectivity index (χ4n) is 4.19. The van der Waals surface area contributed by atoms with Gasteiger partial charge in [0, 0.05) is 5.56 Å². The van der Waals surface area contributed by atoms with E-state index in [1.165, 1.54) is 12.0 Å². The molecule has 1 aliphatic rings. The second kappa shape index (κ2) is 9.83. The highest BCUT2D eigenvalue weighted by molar-refractivity contribution is 6.51. The summed E-state index contributed by atoms with van der Waals surface area (Å²) in [6.07, 6.45) is 0.880. The van der Waals surface area contributed by atoms with E-state index in [2.05, 4.69) is 0 Å². The number of anilines is 1. The molecule has 1 heterocycles. The van der Waals surface area contributed by atoms with E-state index in [4.69, 9.17) is 9.47 Å². The maximum absolute atomic E-state index is 13.3. The van der Waals surface area contributed by atoms with Crippen molar-refractivity contribution >= 4 is 23.1 Å². The van der Waals surface area contributed by atoms with Crippen molar-refractivity contribution in [2.75, 3.05) is 18.6 Å². The summed E-state index contributed by atoms with van der Waals surface area (Å²) in [5.41, 5.74) is 2.46. The Hall–Kier alpha value is -4.06. The molecule has 3 aromatic carbocycles. The first-order valence-corrected chi connectivity index (χ1v) is 11.2. The van der Waals surface area contributed by atoms with Crippen LogP contribution in [0.1, 0.15) is 36.1 Å². The minimum Gasteiger partial charge on any atom is -0.507 e. The standard InChI is InChI=1S/C28H27NO5/c1-4-16-34-22-15-14-20(17-18(22)2)26(30)24-25(19-10-6-5-7-11-19)29(28(32)27(24)31)21-12-8-9-13-23(21)33-3/h5-15,17,25,30H,4,16H2,1-3H3/b26-24-. The minimum atomic E-state index is -0.811. The number of hydrogen-bond acceptors (Lipinski definition) is 5. The maximum Gasteiger partial charge on any atom is 0.300 e. The molecule has 174 valence electrons. The van der Waals surface area contributed by atoms with Crippen molar-refractivity contribution < 1.29 is 24.2 Å². The number of methoxy groups -OCH3 is 1. The van der Waals surface area contributed by atoms with Gasteiger partial charge in [0.15, 0.2) is 0 Å². The van der Waals surface area contributed by atoms with Crippen molar-refractivity contribution in [3.05, 3.63) is 95.1 Å². The minimum absolute atomic E-state index is 0.0312. The van der Waals surface area contributed by atoms with Gasteiger partial charge in [-0.05, 0) is 54.8 Å². The van der Waals surface area contributed by atoms with Gasteiger partial charge in [0.25, 0.3) is 11.7 Å². The van der Waals surface area contributed by atoms with Gasteiger partial charge in [-0.25, -0.2) is 0 Å². The quantitative estimate of drug-likeness (QED) is 0.291. The molecular weight excluding hydrogens is 430 g/mol. The van der Waals surface area contributed by atoms with Crippen molar-refractivity contribution in [1.29, 1.82) is 0 Å². The first-order chi connectivity index (χ1) is 16.5. The average Bonchev–Trinajstić information content (AvgIpc) is 3.13. The third-order valence-corrected chi connectivity index (χ3v) is 5.81. The molecule has 0 aromatic heterocycles. The molecule has 3 aromatic rings. The zero-order valence-electron chi connectivity index (χ0n) is 19.4. The maximum atomic E-state index is 13.3. The second-order valence-corrected chi connectivity index (χ2v) is 8.08. The zero-order valence-corrected chi connectivity index (χ0v) is 19.4. The number of ether oxygens (including phenoxy) is 2. The number of carbonyl (C=O) groups excluding carboxylic acids is 2. The van der Waals surface area contributed by atoms with Crippen LogP contribution in [0.4, 0.5) is 5.69 Å². The van der Waals surface area contributed by atoms with Crippen molar-refractivity contribution in [2.24, 2.45) is 0 Å². The summed E-state index contributed by atoms with van der Waals surface area (Å²) in [4.78, 5) is 28.0. The zero-order chi connectivity index (χ0) is 24.2. The van der Waals surface area contributed by atoms with Gasteiger partial charge in [0.05, 0.1) is 31.0 Å². The Morgan fingerprint density at radius 2 is 1.68 bits per heavy atom. The predicted octanol–water partition coefficient (Wildman–Crippen LogP) is 5.42. The lowest BCUT2D eigenvalue weighted by Gasteiger charge is -2.26. The third kappa shape index (κ3) is 4.15. The molecule has 1 amide bonds. The van der Waals surface area contributed by atoms with Crippen LogP contribution >= 0.6 is 0 Å². The topological polar surface area (TPSA) is 76.1 Å². The van der Waals surface area contributed by atoms with Crippen LogP contribution in [-0.4, -0.2) is 30.5 Å². The van der Waals surface area contributed by atoms with Crippen LogP contribution in [0.2, 0.25) is 0 Å². The number of para-hydroxylation sites is 2. The number of benzene rings is 3. The van der Waals surface area contributed by atoms with E-state index in [9.17, 15) is 14.7 Å². The highest BCUT2D eigenvalue weighted by atomic mass is 16.5. The first kappa shape index (κ1) is 23.1. The Morgan fingerprint density at radius 3 is 2.35 bits per heavy atom. The Balaban J connectivity index is 1.89. The Labute approximate surface area is 199 Å². The van der Waals surface area contributed by atoms with Crippen molar-refractivity contribution in [2.45, 2.75) is 26.3 Å². The summed E-state index contributed by atoms with van der Waals surface area (Å²) < 4.78 is 11.2. The van der Waals surface area contributed by atoms with Crippen LogP contribution in [0.3, 0.4) is 0 Å². The van der Waals surface area contributed by atoms with Crippen molar-refractivity contribution in [3.63, 3.8) is 0 Å². The van der Waals surface area contributed by atoms with Crippen LogP contribution in [0.15, 0.2) is 78.4 Å². The molecular formula is C28H27NO5. The van der Waals surface area contributed by atoms with E-state index in [-0.39, 0.29) is 11.3 Å². The fraction of sp³-hybridized carbons (Fsp3) is 0.214. The number of nitrogens with zero attached hydrogens (tertiary/aromatic N) is 1. The second-order valence-electron chi connectivity index (χ2n) is 8.08. The summed E-state index contributed by atoms with van der Waals surface area (Å²) in [6, 6.07) is 20.6. The third-order valence-electron chi connectivity index (χ3n) is 5.81. The smallest absolute Gasteiger partial charge is 0.300 e. The molecule has 1 aliphatic heterocycles.